The highest BCUT2D eigenvalue weighted by Gasteiger charge is 2.06. The molecule has 0 saturated heterocycles. The van der Waals surface area contributed by atoms with Gasteiger partial charge in [0.2, 0.25) is 0 Å². The van der Waals surface area contributed by atoms with E-state index < -0.39 is 0 Å². The van der Waals surface area contributed by atoms with Gasteiger partial charge in [0, 0.05) is 11.7 Å². The highest BCUT2D eigenvalue weighted by atomic mass is 35.5. The van der Waals surface area contributed by atoms with Gasteiger partial charge in [0.1, 0.15) is 11.6 Å². The monoisotopic (exact) mass is 293 g/mol. The fourth-order valence-electron chi connectivity index (χ4n) is 2.07. The molecule has 0 aliphatic carbocycles. The molecule has 0 fully saturated rings. The molecule has 0 spiro atoms. The number of nitrogens with one attached hydrogen (secondary N) is 1. The van der Waals surface area contributed by atoms with Crippen LogP contribution in [0.5, 0.6) is 5.75 Å². The van der Waals surface area contributed by atoms with Crippen LogP contribution in [0.2, 0.25) is 5.02 Å². The molecule has 0 aromatic heterocycles. The maximum absolute atomic E-state index is 12.8. The first-order valence-electron chi connectivity index (χ1n) is 6.43. The van der Waals surface area contributed by atoms with Crippen molar-refractivity contribution in [3.63, 3.8) is 0 Å². The van der Waals surface area contributed by atoms with E-state index in [9.17, 15) is 4.39 Å². The Hall–Kier alpha value is -1.74. The van der Waals surface area contributed by atoms with Crippen LogP contribution in [-0.2, 0) is 6.42 Å². The molecule has 1 N–H and O–H groups in total. The maximum Gasteiger partial charge on any atom is 0.137 e. The van der Waals surface area contributed by atoms with Crippen molar-refractivity contribution >= 4 is 17.3 Å². The number of anilines is 1. The largest absolute Gasteiger partial charge is 0.495 e. The van der Waals surface area contributed by atoms with Gasteiger partial charge in [-0.15, -0.1) is 0 Å². The third-order valence-electron chi connectivity index (χ3n) is 3.02. The molecule has 0 aliphatic rings. The summed E-state index contributed by atoms with van der Waals surface area (Å²) < 4.78 is 18.0. The molecule has 0 heterocycles. The molecule has 2 nitrogen and oxygen atoms in total. The Morgan fingerprint density at radius 3 is 2.50 bits per heavy atom. The molecule has 2 rings (SSSR count). The Morgan fingerprint density at radius 1 is 1.20 bits per heavy atom. The summed E-state index contributed by atoms with van der Waals surface area (Å²) in [6, 6.07) is 12.4. The van der Waals surface area contributed by atoms with Gasteiger partial charge in [-0.25, -0.2) is 4.39 Å². The van der Waals surface area contributed by atoms with Gasteiger partial charge >= 0.3 is 0 Å². The number of methoxy groups -OCH3 is 1. The van der Waals surface area contributed by atoms with Gasteiger partial charge in [0.05, 0.1) is 12.1 Å². The van der Waals surface area contributed by atoms with Crippen LogP contribution in [0, 0.1) is 5.82 Å². The molecule has 0 amide bonds. The molecule has 2 aromatic rings. The van der Waals surface area contributed by atoms with Crippen molar-refractivity contribution in [1.82, 2.24) is 0 Å². The van der Waals surface area contributed by atoms with Crippen LogP contribution < -0.4 is 10.1 Å². The normalized spacial score (nSPS) is 12.0. The lowest BCUT2D eigenvalue weighted by Gasteiger charge is -2.16. The number of benzene rings is 2. The minimum atomic E-state index is -0.212. The van der Waals surface area contributed by atoms with Crippen molar-refractivity contribution < 1.29 is 9.13 Å². The molecule has 2 aromatic carbocycles. The third-order valence-corrected chi connectivity index (χ3v) is 3.32. The number of halogens is 2. The predicted octanol–water partition coefficient (Wildman–Crippen LogP) is 4.53. The quantitative estimate of drug-likeness (QED) is 0.874. The smallest absolute Gasteiger partial charge is 0.137 e. The lowest BCUT2D eigenvalue weighted by atomic mass is 10.1. The van der Waals surface area contributed by atoms with Gasteiger partial charge < -0.3 is 10.1 Å². The van der Waals surface area contributed by atoms with Gasteiger partial charge in [-0.05, 0) is 49.2 Å². The van der Waals surface area contributed by atoms with Gasteiger partial charge in [-0.1, -0.05) is 23.7 Å². The first-order chi connectivity index (χ1) is 9.58. The molecule has 0 saturated carbocycles. The third kappa shape index (κ3) is 3.87. The first-order valence-corrected chi connectivity index (χ1v) is 6.81. The van der Waals surface area contributed by atoms with E-state index in [1.807, 2.05) is 18.2 Å². The van der Waals surface area contributed by atoms with Crippen LogP contribution >= 0.6 is 11.6 Å². The van der Waals surface area contributed by atoms with Crippen LogP contribution in [0.3, 0.4) is 0 Å². The van der Waals surface area contributed by atoms with Crippen LogP contribution in [-0.4, -0.2) is 13.2 Å². The van der Waals surface area contributed by atoms with Crippen molar-refractivity contribution in [3.05, 3.63) is 58.9 Å². The summed E-state index contributed by atoms with van der Waals surface area (Å²) in [5, 5.41) is 3.94. The minimum absolute atomic E-state index is 0.212. The summed E-state index contributed by atoms with van der Waals surface area (Å²) in [5.74, 6) is 0.444. The van der Waals surface area contributed by atoms with E-state index in [0.29, 0.717) is 10.8 Å². The molecule has 106 valence electrons. The zero-order valence-corrected chi connectivity index (χ0v) is 12.2. The summed E-state index contributed by atoms with van der Waals surface area (Å²) >= 11 is 6.08. The van der Waals surface area contributed by atoms with E-state index >= 15 is 0 Å². The van der Waals surface area contributed by atoms with Crippen LogP contribution in [0.1, 0.15) is 12.5 Å². The predicted molar refractivity (Wildman–Crippen MR) is 81.2 cm³/mol. The molecule has 20 heavy (non-hydrogen) atoms. The highest BCUT2D eigenvalue weighted by molar-refractivity contribution is 6.32. The molecule has 4 heteroatoms. The molecule has 1 unspecified atom stereocenters. The van der Waals surface area contributed by atoms with Crippen molar-refractivity contribution in [1.29, 1.82) is 0 Å². The lowest BCUT2D eigenvalue weighted by Crippen LogP contribution is -2.18. The summed E-state index contributed by atoms with van der Waals surface area (Å²) in [6.45, 7) is 2.07. The molecular weight excluding hydrogens is 277 g/mol. The molecular formula is C16H17ClFNO. The second-order valence-corrected chi connectivity index (χ2v) is 5.13. The number of hydrogen-bond donors (Lipinski definition) is 1. The van der Waals surface area contributed by atoms with Gasteiger partial charge in [-0.2, -0.15) is 0 Å². The van der Waals surface area contributed by atoms with Gasteiger partial charge in [0.15, 0.2) is 0 Å². The second kappa shape index (κ2) is 6.62. The van der Waals surface area contributed by atoms with E-state index in [0.717, 1.165) is 17.7 Å². The number of hydrogen-bond acceptors (Lipinski definition) is 2. The van der Waals surface area contributed by atoms with E-state index in [1.165, 1.54) is 12.1 Å². The summed E-state index contributed by atoms with van der Waals surface area (Å²) in [5.41, 5.74) is 2.02. The lowest BCUT2D eigenvalue weighted by molar-refractivity contribution is 0.415. The van der Waals surface area contributed by atoms with E-state index in [2.05, 4.69) is 12.2 Å². The Morgan fingerprint density at radius 2 is 1.90 bits per heavy atom. The number of rotatable bonds is 5. The zero-order chi connectivity index (χ0) is 14.5. The van der Waals surface area contributed by atoms with E-state index in [1.54, 1.807) is 19.2 Å². The Labute approximate surface area is 123 Å². The first kappa shape index (κ1) is 14.7. The zero-order valence-electron chi connectivity index (χ0n) is 11.5. The fraction of sp³-hybridized carbons (Fsp3) is 0.250. The van der Waals surface area contributed by atoms with Crippen LogP contribution in [0.25, 0.3) is 0 Å². The average Bonchev–Trinajstić information content (AvgIpc) is 2.41. The minimum Gasteiger partial charge on any atom is -0.495 e. The summed E-state index contributed by atoms with van der Waals surface area (Å²) in [4.78, 5) is 0. The Bertz CT molecular complexity index is 571. The standard InChI is InChI=1S/C16H17ClFNO/c1-11(9-12-3-5-13(18)6-4-12)19-14-7-8-16(20-2)15(17)10-14/h3-8,10-11,19H,9H2,1-2H3. The SMILES string of the molecule is COc1ccc(NC(C)Cc2ccc(F)cc2)cc1Cl. The second-order valence-electron chi connectivity index (χ2n) is 4.73. The molecule has 0 bridgehead atoms. The van der Waals surface area contributed by atoms with E-state index in [-0.39, 0.29) is 11.9 Å². The Balaban J connectivity index is 1.99. The highest BCUT2D eigenvalue weighted by Crippen LogP contribution is 2.27. The molecule has 1 atom stereocenters. The molecule has 0 radical (unpaired) electrons. The van der Waals surface area contributed by atoms with Crippen LogP contribution in [0.4, 0.5) is 10.1 Å². The maximum atomic E-state index is 12.8. The fourth-order valence-corrected chi connectivity index (χ4v) is 2.32. The topological polar surface area (TPSA) is 21.3 Å². The molecule has 0 aliphatic heterocycles. The average molecular weight is 294 g/mol. The number of ether oxygens (including phenoxy) is 1. The van der Waals surface area contributed by atoms with E-state index in [4.69, 9.17) is 16.3 Å². The van der Waals surface area contributed by atoms with Crippen molar-refractivity contribution in [2.24, 2.45) is 0 Å². The summed E-state index contributed by atoms with van der Waals surface area (Å²) in [7, 11) is 1.59. The van der Waals surface area contributed by atoms with Crippen molar-refractivity contribution in [2.75, 3.05) is 12.4 Å². The van der Waals surface area contributed by atoms with Crippen molar-refractivity contribution in [3.8, 4) is 5.75 Å². The van der Waals surface area contributed by atoms with Crippen molar-refractivity contribution in [2.45, 2.75) is 19.4 Å². The summed E-state index contributed by atoms with van der Waals surface area (Å²) in [6.07, 6.45) is 0.809. The van der Waals surface area contributed by atoms with Gasteiger partial charge in [-0.3, -0.25) is 0 Å². The van der Waals surface area contributed by atoms with Crippen LogP contribution in [0.15, 0.2) is 42.5 Å². The Kier molecular flexibility index (Phi) is 4.85. The van der Waals surface area contributed by atoms with Gasteiger partial charge in [0.25, 0.3) is 0 Å².